The van der Waals surface area contributed by atoms with Gasteiger partial charge in [0.1, 0.15) is 4.99 Å². The van der Waals surface area contributed by atoms with Crippen molar-refractivity contribution in [3.8, 4) is 0 Å². The molecule has 1 fully saturated rings. The van der Waals surface area contributed by atoms with Crippen LogP contribution < -0.4 is 11.1 Å². The van der Waals surface area contributed by atoms with E-state index in [0.717, 1.165) is 38.0 Å². The molecular formula is C15H21N3OS. The van der Waals surface area contributed by atoms with Gasteiger partial charge in [-0.15, -0.1) is 0 Å². The molecule has 1 aromatic rings. The number of thiocarbonyl (C=S) groups is 1. The van der Waals surface area contributed by atoms with Crippen LogP contribution in [0.5, 0.6) is 0 Å². The number of piperidine rings is 1. The first-order valence-electron chi connectivity index (χ1n) is 6.93. The first-order valence-corrected chi connectivity index (χ1v) is 7.33. The number of amides is 1. The maximum absolute atomic E-state index is 11.0. The van der Waals surface area contributed by atoms with Crippen LogP contribution in [0, 0.1) is 0 Å². The van der Waals surface area contributed by atoms with Crippen LogP contribution >= 0.6 is 12.2 Å². The summed E-state index contributed by atoms with van der Waals surface area (Å²) in [6, 6.07) is 8.42. The summed E-state index contributed by atoms with van der Waals surface area (Å²) in [5.41, 5.74) is 7.81. The van der Waals surface area contributed by atoms with Gasteiger partial charge in [0.2, 0.25) is 5.91 Å². The summed E-state index contributed by atoms with van der Waals surface area (Å²) in [7, 11) is 0. The second-order valence-electron chi connectivity index (χ2n) is 5.32. The minimum Gasteiger partial charge on any atom is -0.389 e. The molecule has 3 N–H and O–H groups in total. The molecule has 0 saturated carbocycles. The Bertz CT molecular complexity index is 496. The van der Waals surface area contributed by atoms with Crippen LogP contribution in [-0.4, -0.2) is 34.9 Å². The average molecular weight is 291 g/mol. The van der Waals surface area contributed by atoms with Crippen molar-refractivity contribution in [2.75, 3.05) is 13.1 Å². The van der Waals surface area contributed by atoms with Gasteiger partial charge in [0.05, 0.1) is 0 Å². The molecular weight excluding hydrogens is 270 g/mol. The van der Waals surface area contributed by atoms with Crippen molar-refractivity contribution < 1.29 is 4.79 Å². The molecule has 4 nitrogen and oxygen atoms in total. The fourth-order valence-corrected chi connectivity index (χ4v) is 2.73. The molecule has 0 spiro atoms. The van der Waals surface area contributed by atoms with Gasteiger partial charge in [-0.2, -0.15) is 0 Å². The van der Waals surface area contributed by atoms with Crippen LogP contribution in [-0.2, 0) is 11.3 Å². The molecule has 1 aromatic carbocycles. The molecule has 0 bridgehead atoms. The van der Waals surface area contributed by atoms with Crippen LogP contribution in [0.25, 0.3) is 0 Å². The summed E-state index contributed by atoms with van der Waals surface area (Å²) in [6.07, 6.45) is 2.02. The zero-order valence-corrected chi connectivity index (χ0v) is 12.6. The molecule has 1 amide bonds. The van der Waals surface area contributed by atoms with E-state index in [1.807, 2.05) is 12.1 Å². The topological polar surface area (TPSA) is 58.4 Å². The molecule has 1 saturated heterocycles. The Balaban J connectivity index is 1.88. The monoisotopic (exact) mass is 291 g/mol. The fraction of sp³-hybridized carbons (Fsp3) is 0.467. The van der Waals surface area contributed by atoms with Crippen molar-refractivity contribution in [2.24, 2.45) is 5.73 Å². The Kier molecular flexibility index (Phi) is 5.09. The highest BCUT2D eigenvalue weighted by Gasteiger charge is 2.19. The highest BCUT2D eigenvalue weighted by atomic mass is 32.1. The first kappa shape index (κ1) is 14.9. The van der Waals surface area contributed by atoms with Crippen molar-refractivity contribution >= 4 is 23.1 Å². The number of nitrogens with one attached hydrogen (secondary N) is 1. The van der Waals surface area contributed by atoms with Crippen LogP contribution in [0.1, 0.15) is 30.9 Å². The van der Waals surface area contributed by atoms with Gasteiger partial charge >= 0.3 is 0 Å². The maximum atomic E-state index is 11.0. The number of rotatable bonds is 4. The lowest BCUT2D eigenvalue weighted by Crippen LogP contribution is -2.43. The molecule has 0 aliphatic carbocycles. The van der Waals surface area contributed by atoms with Crippen LogP contribution in [0.2, 0.25) is 0 Å². The number of carbonyl (C=O) groups excluding carboxylic acids is 1. The molecule has 1 heterocycles. The number of hydrogen-bond acceptors (Lipinski definition) is 3. The molecule has 0 aromatic heterocycles. The third kappa shape index (κ3) is 4.28. The third-order valence-corrected chi connectivity index (χ3v) is 3.85. The second-order valence-corrected chi connectivity index (χ2v) is 5.76. The van der Waals surface area contributed by atoms with E-state index in [0.29, 0.717) is 11.0 Å². The molecule has 5 heteroatoms. The van der Waals surface area contributed by atoms with E-state index in [1.165, 1.54) is 5.56 Å². The average Bonchev–Trinajstić information content (AvgIpc) is 2.41. The number of hydrogen-bond donors (Lipinski definition) is 2. The summed E-state index contributed by atoms with van der Waals surface area (Å²) >= 11 is 5.01. The smallest absolute Gasteiger partial charge is 0.217 e. The third-order valence-electron chi connectivity index (χ3n) is 3.61. The van der Waals surface area contributed by atoms with Gasteiger partial charge in [0.15, 0.2) is 0 Å². The molecule has 0 atom stereocenters. The SMILES string of the molecule is CC(=O)NC1CCN(Cc2cccc(C(N)=S)c2)CC1. The number of benzene rings is 1. The largest absolute Gasteiger partial charge is 0.389 e. The lowest BCUT2D eigenvalue weighted by Gasteiger charge is -2.32. The van der Waals surface area contributed by atoms with Crippen LogP contribution in [0.15, 0.2) is 24.3 Å². The zero-order valence-electron chi connectivity index (χ0n) is 11.8. The minimum absolute atomic E-state index is 0.0626. The molecule has 108 valence electrons. The maximum Gasteiger partial charge on any atom is 0.217 e. The molecule has 1 aliphatic rings. The predicted octanol–water partition coefficient (Wildman–Crippen LogP) is 1.42. The van der Waals surface area contributed by atoms with Gasteiger partial charge in [-0.3, -0.25) is 9.69 Å². The van der Waals surface area contributed by atoms with E-state index in [4.69, 9.17) is 18.0 Å². The molecule has 0 radical (unpaired) electrons. The highest BCUT2D eigenvalue weighted by molar-refractivity contribution is 7.80. The Hall–Kier alpha value is -1.46. The van der Waals surface area contributed by atoms with Crippen molar-refractivity contribution in [1.29, 1.82) is 0 Å². The number of likely N-dealkylation sites (tertiary alicyclic amines) is 1. The van der Waals surface area contributed by atoms with E-state index in [1.54, 1.807) is 6.92 Å². The Morgan fingerprint density at radius 1 is 1.45 bits per heavy atom. The van der Waals surface area contributed by atoms with Crippen molar-refractivity contribution in [3.63, 3.8) is 0 Å². The van der Waals surface area contributed by atoms with Gasteiger partial charge < -0.3 is 11.1 Å². The summed E-state index contributed by atoms with van der Waals surface area (Å²) in [5.74, 6) is 0.0626. The van der Waals surface area contributed by atoms with E-state index in [9.17, 15) is 4.79 Å². The summed E-state index contributed by atoms with van der Waals surface area (Å²) in [6.45, 7) is 4.49. The standard InChI is InChI=1S/C15H21N3OS/c1-11(19)17-14-5-7-18(8-6-14)10-12-3-2-4-13(9-12)15(16)20/h2-4,9,14H,5-8,10H2,1H3,(H2,16,20)(H,17,19). The van der Waals surface area contributed by atoms with Gasteiger partial charge in [0, 0.05) is 38.2 Å². The van der Waals surface area contributed by atoms with Gasteiger partial charge in [-0.05, 0) is 24.5 Å². The fourth-order valence-electron chi connectivity index (χ4n) is 2.60. The summed E-state index contributed by atoms with van der Waals surface area (Å²) < 4.78 is 0. The highest BCUT2D eigenvalue weighted by Crippen LogP contribution is 2.15. The van der Waals surface area contributed by atoms with Crippen molar-refractivity contribution in [1.82, 2.24) is 10.2 Å². The minimum atomic E-state index is 0.0626. The van der Waals surface area contributed by atoms with E-state index < -0.39 is 0 Å². The van der Waals surface area contributed by atoms with Crippen molar-refractivity contribution in [3.05, 3.63) is 35.4 Å². The first-order chi connectivity index (χ1) is 9.54. The number of carbonyl (C=O) groups is 1. The Morgan fingerprint density at radius 2 is 2.15 bits per heavy atom. The van der Waals surface area contributed by atoms with Crippen molar-refractivity contribution in [2.45, 2.75) is 32.4 Å². The Morgan fingerprint density at radius 3 is 2.75 bits per heavy atom. The van der Waals surface area contributed by atoms with E-state index >= 15 is 0 Å². The quantitative estimate of drug-likeness (QED) is 0.824. The van der Waals surface area contributed by atoms with E-state index in [-0.39, 0.29) is 5.91 Å². The lowest BCUT2D eigenvalue weighted by molar-refractivity contribution is -0.119. The second kappa shape index (κ2) is 6.81. The summed E-state index contributed by atoms with van der Waals surface area (Å²) in [4.78, 5) is 13.9. The van der Waals surface area contributed by atoms with Gasteiger partial charge in [0.25, 0.3) is 0 Å². The van der Waals surface area contributed by atoms with Crippen LogP contribution in [0.3, 0.4) is 0 Å². The zero-order chi connectivity index (χ0) is 14.5. The predicted molar refractivity (Wildman–Crippen MR) is 84.4 cm³/mol. The number of nitrogens with two attached hydrogens (primary N) is 1. The summed E-state index contributed by atoms with van der Waals surface area (Å²) in [5, 5.41) is 2.99. The number of nitrogens with zero attached hydrogens (tertiary/aromatic N) is 1. The lowest BCUT2D eigenvalue weighted by atomic mass is 10.0. The Labute approximate surface area is 125 Å². The molecule has 1 aliphatic heterocycles. The molecule has 20 heavy (non-hydrogen) atoms. The van der Waals surface area contributed by atoms with Crippen LogP contribution in [0.4, 0.5) is 0 Å². The van der Waals surface area contributed by atoms with Gasteiger partial charge in [-0.1, -0.05) is 30.4 Å². The molecule has 2 rings (SSSR count). The molecule has 0 unspecified atom stereocenters. The van der Waals surface area contributed by atoms with Gasteiger partial charge in [-0.25, -0.2) is 0 Å². The normalized spacial score (nSPS) is 16.9. The van der Waals surface area contributed by atoms with E-state index in [2.05, 4.69) is 22.3 Å².